The monoisotopic (exact) mass is 198 g/mol. The van der Waals surface area contributed by atoms with E-state index in [9.17, 15) is 0 Å². The first-order valence-corrected chi connectivity index (χ1v) is 5.39. The third kappa shape index (κ3) is 3.11. The molecule has 0 N–H and O–H groups in total. The van der Waals surface area contributed by atoms with Crippen LogP contribution in [0.3, 0.4) is 0 Å². The van der Waals surface area contributed by atoms with Crippen molar-refractivity contribution in [3.05, 3.63) is 35.9 Å². The van der Waals surface area contributed by atoms with Crippen LogP contribution >= 0.6 is 25.3 Å². The van der Waals surface area contributed by atoms with Gasteiger partial charge in [0.05, 0.1) is 0 Å². The van der Waals surface area contributed by atoms with Gasteiger partial charge in [-0.1, -0.05) is 30.3 Å². The highest BCUT2D eigenvalue weighted by atomic mass is 32.1. The summed E-state index contributed by atoms with van der Waals surface area (Å²) in [7, 11) is 0. The molecule has 0 aliphatic heterocycles. The largest absolute Gasteiger partial charge is 0.179 e. The van der Waals surface area contributed by atoms with Crippen LogP contribution in [0.25, 0.3) is 0 Å². The van der Waals surface area contributed by atoms with Gasteiger partial charge in [0, 0.05) is 0 Å². The SMILES string of the molecule is SCC(CS)Cc1ccccc1. The van der Waals surface area contributed by atoms with Gasteiger partial charge in [-0.3, -0.25) is 0 Å². The second-order valence-electron chi connectivity index (χ2n) is 2.92. The highest BCUT2D eigenvalue weighted by molar-refractivity contribution is 7.81. The zero-order chi connectivity index (χ0) is 8.81. The van der Waals surface area contributed by atoms with Crippen molar-refractivity contribution in [1.29, 1.82) is 0 Å². The Bertz CT molecular complexity index is 204. The molecule has 0 saturated heterocycles. The molecule has 0 nitrogen and oxygen atoms in total. The van der Waals surface area contributed by atoms with Crippen molar-refractivity contribution in [2.75, 3.05) is 11.5 Å². The molecule has 0 saturated carbocycles. The Morgan fingerprint density at radius 1 is 1.00 bits per heavy atom. The second kappa shape index (κ2) is 5.55. The average Bonchev–Trinajstić information content (AvgIpc) is 2.16. The van der Waals surface area contributed by atoms with Gasteiger partial charge in [-0.15, -0.1) is 0 Å². The van der Waals surface area contributed by atoms with E-state index in [-0.39, 0.29) is 0 Å². The molecule has 0 atom stereocenters. The van der Waals surface area contributed by atoms with Gasteiger partial charge >= 0.3 is 0 Å². The first-order valence-electron chi connectivity index (χ1n) is 4.12. The molecule has 1 rings (SSSR count). The van der Waals surface area contributed by atoms with Crippen LogP contribution in [0.15, 0.2) is 30.3 Å². The molecule has 0 radical (unpaired) electrons. The zero-order valence-corrected chi connectivity index (χ0v) is 8.77. The van der Waals surface area contributed by atoms with Gasteiger partial charge in [0.15, 0.2) is 0 Å². The fraction of sp³-hybridized carbons (Fsp3) is 0.400. The van der Waals surface area contributed by atoms with Crippen LogP contribution in [0.1, 0.15) is 5.56 Å². The summed E-state index contributed by atoms with van der Waals surface area (Å²) in [6.07, 6.45) is 1.09. The van der Waals surface area contributed by atoms with Crippen LogP contribution in [0.5, 0.6) is 0 Å². The van der Waals surface area contributed by atoms with E-state index in [1.807, 2.05) is 6.07 Å². The van der Waals surface area contributed by atoms with Crippen molar-refractivity contribution in [3.63, 3.8) is 0 Å². The Hall–Kier alpha value is -0.0800. The third-order valence-corrected chi connectivity index (χ3v) is 2.92. The number of hydrogen-bond acceptors (Lipinski definition) is 2. The van der Waals surface area contributed by atoms with Crippen molar-refractivity contribution < 1.29 is 0 Å². The van der Waals surface area contributed by atoms with Gasteiger partial charge in [0.1, 0.15) is 0 Å². The minimum absolute atomic E-state index is 0.596. The van der Waals surface area contributed by atoms with E-state index in [1.165, 1.54) is 5.56 Å². The summed E-state index contributed by atoms with van der Waals surface area (Å²) in [6, 6.07) is 10.5. The van der Waals surface area contributed by atoms with Crippen molar-refractivity contribution in [3.8, 4) is 0 Å². The normalized spacial score (nSPS) is 10.6. The Balaban J connectivity index is 2.51. The van der Waals surface area contributed by atoms with Crippen LogP contribution in [-0.2, 0) is 6.42 Å². The van der Waals surface area contributed by atoms with E-state index >= 15 is 0 Å². The standard InChI is InChI=1S/C10H14S2/c11-7-10(8-12)6-9-4-2-1-3-5-9/h1-5,10-12H,6-8H2. The number of rotatable bonds is 4. The highest BCUT2D eigenvalue weighted by Crippen LogP contribution is 2.11. The van der Waals surface area contributed by atoms with Crippen molar-refractivity contribution >= 4 is 25.3 Å². The summed E-state index contributed by atoms with van der Waals surface area (Å²) in [6.45, 7) is 0. The highest BCUT2D eigenvalue weighted by Gasteiger charge is 2.04. The Labute approximate surface area is 85.2 Å². The van der Waals surface area contributed by atoms with Crippen LogP contribution in [0.2, 0.25) is 0 Å². The fourth-order valence-corrected chi connectivity index (χ4v) is 1.85. The minimum Gasteiger partial charge on any atom is -0.179 e. The topological polar surface area (TPSA) is 0 Å². The van der Waals surface area contributed by atoms with Crippen LogP contribution in [0, 0.1) is 5.92 Å². The lowest BCUT2D eigenvalue weighted by Gasteiger charge is -2.10. The van der Waals surface area contributed by atoms with Gasteiger partial charge in [-0.05, 0) is 29.4 Å². The van der Waals surface area contributed by atoms with Crippen LogP contribution in [-0.4, -0.2) is 11.5 Å². The lowest BCUT2D eigenvalue weighted by atomic mass is 10.0. The fourth-order valence-electron chi connectivity index (χ4n) is 1.13. The molecule has 0 amide bonds. The number of benzene rings is 1. The zero-order valence-electron chi connectivity index (χ0n) is 6.98. The van der Waals surface area contributed by atoms with Gasteiger partial charge in [0.25, 0.3) is 0 Å². The first kappa shape index (κ1) is 10.0. The summed E-state index contributed by atoms with van der Waals surface area (Å²) in [5.41, 5.74) is 1.38. The molecule has 12 heavy (non-hydrogen) atoms. The molecule has 0 spiro atoms. The molecular weight excluding hydrogens is 184 g/mol. The van der Waals surface area contributed by atoms with Gasteiger partial charge in [-0.25, -0.2) is 0 Å². The number of hydrogen-bond donors (Lipinski definition) is 2. The number of thiol groups is 2. The Morgan fingerprint density at radius 2 is 1.58 bits per heavy atom. The summed E-state index contributed by atoms with van der Waals surface area (Å²) >= 11 is 8.55. The average molecular weight is 198 g/mol. The predicted octanol–water partition coefficient (Wildman–Crippen LogP) is 2.70. The lowest BCUT2D eigenvalue weighted by molar-refractivity contribution is 0.674. The summed E-state index contributed by atoms with van der Waals surface area (Å²) < 4.78 is 0. The molecular formula is C10H14S2. The van der Waals surface area contributed by atoms with E-state index in [0.717, 1.165) is 17.9 Å². The Morgan fingerprint density at radius 3 is 2.08 bits per heavy atom. The van der Waals surface area contributed by atoms with Crippen LogP contribution < -0.4 is 0 Å². The van der Waals surface area contributed by atoms with Gasteiger partial charge in [0.2, 0.25) is 0 Å². The molecule has 0 aliphatic rings. The van der Waals surface area contributed by atoms with Crippen molar-refractivity contribution in [2.45, 2.75) is 6.42 Å². The lowest BCUT2D eigenvalue weighted by Crippen LogP contribution is -2.07. The molecule has 0 aromatic heterocycles. The smallest absolute Gasteiger partial charge is 0.00585 e. The minimum atomic E-state index is 0.596. The molecule has 0 unspecified atom stereocenters. The van der Waals surface area contributed by atoms with E-state index in [2.05, 4.69) is 49.5 Å². The van der Waals surface area contributed by atoms with E-state index < -0.39 is 0 Å². The summed E-state index contributed by atoms with van der Waals surface area (Å²) in [5.74, 6) is 2.43. The molecule has 2 heteroatoms. The van der Waals surface area contributed by atoms with Gasteiger partial charge < -0.3 is 0 Å². The molecule has 1 aromatic carbocycles. The molecule has 0 aliphatic carbocycles. The quantitative estimate of drug-likeness (QED) is 0.683. The second-order valence-corrected chi connectivity index (χ2v) is 3.65. The van der Waals surface area contributed by atoms with E-state index in [0.29, 0.717) is 5.92 Å². The summed E-state index contributed by atoms with van der Waals surface area (Å²) in [5, 5.41) is 0. The molecule has 66 valence electrons. The molecule has 1 aromatic rings. The summed E-state index contributed by atoms with van der Waals surface area (Å²) in [4.78, 5) is 0. The first-order chi connectivity index (χ1) is 5.86. The molecule has 0 heterocycles. The molecule has 0 bridgehead atoms. The van der Waals surface area contributed by atoms with Crippen molar-refractivity contribution in [1.82, 2.24) is 0 Å². The Kier molecular flexibility index (Phi) is 4.62. The van der Waals surface area contributed by atoms with Gasteiger partial charge in [-0.2, -0.15) is 25.3 Å². The maximum atomic E-state index is 4.28. The maximum absolute atomic E-state index is 4.28. The molecule has 0 fully saturated rings. The van der Waals surface area contributed by atoms with E-state index in [1.54, 1.807) is 0 Å². The third-order valence-electron chi connectivity index (χ3n) is 1.88. The van der Waals surface area contributed by atoms with Crippen LogP contribution in [0.4, 0.5) is 0 Å². The van der Waals surface area contributed by atoms with Crippen molar-refractivity contribution in [2.24, 2.45) is 5.92 Å². The van der Waals surface area contributed by atoms with E-state index in [4.69, 9.17) is 0 Å². The maximum Gasteiger partial charge on any atom is -0.00585 e. The predicted molar refractivity (Wildman–Crippen MR) is 61.3 cm³/mol.